The minimum atomic E-state index is -0.249. The van der Waals surface area contributed by atoms with Gasteiger partial charge in [0.15, 0.2) is 0 Å². The third-order valence-electron chi connectivity index (χ3n) is 3.21. The first-order valence-electron chi connectivity index (χ1n) is 6.38. The average Bonchev–Trinajstić information content (AvgIpc) is 2.59. The number of carbonyl (C=O) groups excluding carboxylic acids is 1. The van der Waals surface area contributed by atoms with Gasteiger partial charge in [-0.25, -0.2) is 0 Å². The molecule has 0 aliphatic carbocycles. The SMILES string of the molecule is CN(CC1CCCN1C)C(=O)COC(C)(C)C. The number of rotatable bonds is 4. The van der Waals surface area contributed by atoms with E-state index >= 15 is 0 Å². The van der Waals surface area contributed by atoms with E-state index in [2.05, 4.69) is 11.9 Å². The summed E-state index contributed by atoms with van der Waals surface area (Å²) in [4.78, 5) is 16.0. The highest BCUT2D eigenvalue weighted by atomic mass is 16.5. The predicted molar refractivity (Wildman–Crippen MR) is 69.0 cm³/mol. The van der Waals surface area contributed by atoms with E-state index in [9.17, 15) is 4.79 Å². The summed E-state index contributed by atoms with van der Waals surface area (Å²) < 4.78 is 5.50. The maximum Gasteiger partial charge on any atom is 0.248 e. The van der Waals surface area contributed by atoms with E-state index in [-0.39, 0.29) is 18.1 Å². The summed E-state index contributed by atoms with van der Waals surface area (Å²) >= 11 is 0. The number of hydrogen-bond donors (Lipinski definition) is 0. The molecule has 0 saturated carbocycles. The van der Waals surface area contributed by atoms with Crippen LogP contribution in [-0.2, 0) is 9.53 Å². The first-order chi connectivity index (χ1) is 7.79. The minimum Gasteiger partial charge on any atom is -0.366 e. The highest BCUT2D eigenvalue weighted by molar-refractivity contribution is 5.77. The zero-order valence-electron chi connectivity index (χ0n) is 11.8. The van der Waals surface area contributed by atoms with Crippen molar-refractivity contribution in [2.45, 2.75) is 45.3 Å². The quantitative estimate of drug-likeness (QED) is 0.746. The molecule has 17 heavy (non-hydrogen) atoms. The van der Waals surface area contributed by atoms with E-state index in [1.165, 1.54) is 12.8 Å². The van der Waals surface area contributed by atoms with Crippen LogP contribution in [0.4, 0.5) is 0 Å². The highest BCUT2D eigenvalue weighted by Gasteiger charge is 2.24. The number of hydrogen-bond acceptors (Lipinski definition) is 3. The lowest BCUT2D eigenvalue weighted by molar-refractivity contribution is -0.140. The van der Waals surface area contributed by atoms with Crippen LogP contribution in [0.5, 0.6) is 0 Å². The summed E-state index contributed by atoms with van der Waals surface area (Å²) in [6.07, 6.45) is 2.43. The number of ether oxygens (including phenoxy) is 1. The topological polar surface area (TPSA) is 32.8 Å². The maximum absolute atomic E-state index is 11.9. The molecule has 1 amide bonds. The number of likely N-dealkylation sites (tertiary alicyclic amines) is 1. The zero-order valence-corrected chi connectivity index (χ0v) is 11.8. The second-order valence-corrected chi connectivity index (χ2v) is 5.95. The van der Waals surface area contributed by atoms with Gasteiger partial charge in [-0.05, 0) is 47.2 Å². The fraction of sp³-hybridized carbons (Fsp3) is 0.923. The van der Waals surface area contributed by atoms with Gasteiger partial charge in [0.2, 0.25) is 5.91 Å². The van der Waals surface area contributed by atoms with E-state index in [1.807, 2.05) is 27.8 Å². The van der Waals surface area contributed by atoms with Crippen LogP contribution in [0.2, 0.25) is 0 Å². The summed E-state index contributed by atoms with van der Waals surface area (Å²) in [7, 11) is 3.99. The smallest absolute Gasteiger partial charge is 0.248 e. The number of nitrogens with zero attached hydrogens (tertiary/aromatic N) is 2. The number of amides is 1. The molecule has 1 saturated heterocycles. The third kappa shape index (κ3) is 5.04. The van der Waals surface area contributed by atoms with Crippen LogP contribution in [0.1, 0.15) is 33.6 Å². The van der Waals surface area contributed by atoms with Crippen LogP contribution in [0.25, 0.3) is 0 Å². The van der Waals surface area contributed by atoms with Gasteiger partial charge in [-0.15, -0.1) is 0 Å². The van der Waals surface area contributed by atoms with Crippen molar-refractivity contribution in [1.82, 2.24) is 9.80 Å². The van der Waals surface area contributed by atoms with E-state index in [4.69, 9.17) is 4.74 Å². The van der Waals surface area contributed by atoms with Gasteiger partial charge >= 0.3 is 0 Å². The largest absolute Gasteiger partial charge is 0.366 e. The van der Waals surface area contributed by atoms with Gasteiger partial charge in [-0.3, -0.25) is 4.79 Å². The van der Waals surface area contributed by atoms with Crippen LogP contribution >= 0.6 is 0 Å². The minimum absolute atomic E-state index is 0.0697. The molecule has 1 unspecified atom stereocenters. The number of likely N-dealkylation sites (N-methyl/N-ethyl adjacent to an activating group) is 2. The Labute approximate surface area is 105 Å². The Morgan fingerprint density at radius 3 is 2.59 bits per heavy atom. The van der Waals surface area contributed by atoms with Gasteiger partial charge in [0.1, 0.15) is 6.61 Å². The Morgan fingerprint density at radius 1 is 1.47 bits per heavy atom. The Balaban J connectivity index is 2.31. The molecule has 4 heteroatoms. The molecule has 0 aromatic heterocycles. The molecule has 1 heterocycles. The second-order valence-electron chi connectivity index (χ2n) is 5.95. The maximum atomic E-state index is 11.9. The summed E-state index contributed by atoms with van der Waals surface area (Å²) in [5.74, 6) is 0.0697. The van der Waals surface area contributed by atoms with Crippen molar-refractivity contribution < 1.29 is 9.53 Å². The molecule has 4 nitrogen and oxygen atoms in total. The summed E-state index contributed by atoms with van der Waals surface area (Å²) in [5, 5.41) is 0. The molecule has 1 atom stereocenters. The van der Waals surface area contributed by atoms with Crippen molar-refractivity contribution in [2.24, 2.45) is 0 Å². The first kappa shape index (κ1) is 14.5. The van der Waals surface area contributed by atoms with Gasteiger partial charge in [-0.2, -0.15) is 0 Å². The van der Waals surface area contributed by atoms with Gasteiger partial charge in [0, 0.05) is 19.6 Å². The van der Waals surface area contributed by atoms with Crippen LogP contribution < -0.4 is 0 Å². The second kappa shape index (κ2) is 5.83. The first-order valence-corrected chi connectivity index (χ1v) is 6.38. The fourth-order valence-electron chi connectivity index (χ4n) is 2.02. The molecule has 1 rings (SSSR count). The lowest BCUT2D eigenvalue weighted by Gasteiger charge is -2.27. The van der Waals surface area contributed by atoms with Gasteiger partial charge in [0.05, 0.1) is 5.60 Å². The lowest BCUT2D eigenvalue weighted by atomic mass is 10.2. The molecule has 1 fully saturated rings. The zero-order chi connectivity index (χ0) is 13.1. The summed E-state index contributed by atoms with van der Waals surface area (Å²) in [6.45, 7) is 8.02. The van der Waals surface area contributed by atoms with Gasteiger partial charge < -0.3 is 14.5 Å². The molecule has 0 N–H and O–H groups in total. The molecular weight excluding hydrogens is 216 g/mol. The molecule has 0 spiro atoms. The number of carbonyl (C=O) groups is 1. The lowest BCUT2D eigenvalue weighted by Crippen LogP contribution is -2.41. The van der Waals surface area contributed by atoms with Crippen LogP contribution in [0.3, 0.4) is 0 Å². The Hall–Kier alpha value is -0.610. The molecular formula is C13H26N2O2. The molecule has 0 bridgehead atoms. The monoisotopic (exact) mass is 242 g/mol. The predicted octanol–water partition coefficient (Wildman–Crippen LogP) is 1.35. The van der Waals surface area contributed by atoms with E-state index < -0.39 is 0 Å². The van der Waals surface area contributed by atoms with Crippen molar-refractivity contribution in [2.75, 3.05) is 33.8 Å². The molecule has 1 aliphatic rings. The van der Waals surface area contributed by atoms with Crippen LogP contribution in [0, 0.1) is 0 Å². The average molecular weight is 242 g/mol. The van der Waals surface area contributed by atoms with E-state index in [1.54, 1.807) is 4.90 Å². The normalized spacial score (nSPS) is 21.8. The third-order valence-corrected chi connectivity index (χ3v) is 3.21. The Kier molecular flexibility index (Phi) is 4.95. The molecule has 0 aromatic rings. The van der Waals surface area contributed by atoms with Crippen molar-refractivity contribution in [3.63, 3.8) is 0 Å². The summed E-state index contributed by atoms with van der Waals surface area (Å²) in [5.41, 5.74) is -0.249. The van der Waals surface area contributed by atoms with Crippen molar-refractivity contribution >= 4 is 5.91 Å². The molecule has 100 valence electrons. The summed E-state index contributed by atoms with van der Waals surface area (Å²) in [6, 6.07) is 0.513. The van der Waals surface area contributed by atoms with Gasteiger partial charge in [0.25, 0.3) is 0 Å². The van der Waals surface area contributed by atoms with Crippen LogP contribution in [-0.4, -0.2) is 61.1 Å². The van der Waals surface area contributed by atoms with Gasteiger partial charge in [-0.1, -0.05) is 0 Å². The fourth-order valence-corrected chi connectivity index (χ4v) is 2.02. The van der Waals surface area contributed by atoms with Crippen LogP contribution in [0.15, 0.2) is 0 Å². The molecule has 1 aliphatic heterocycles. The Bertz CT molecular complexity index is 261. The Morgan fingerprint density at radius 2 is 2.12 bits per heavy atom. The van der Waals surface area contributed by atoms with Crippen molar-refractivity contribution in [3.8, 4) is 0 Å². The van der Waals surface area contributed by atoms with E-state index in [0.29, 0.717) is 6.04 Å². The molecule has 0 radical (unpaired) electrons. The molecule has 0 aromatic carbocycles. The highest BCUT2D eigenvalue weighted by Crippen LogP contribution is 2.15. The van der Waals surface area contributed by atoms with Crippen molar-refractivity contribution in [1.29, 1.82) is 0 Å². The van der Waals surface area contributed by atoms with Crippen molar-refractivity contribution in [3.05, 3.63) is 0 Å². The van der Waals surface area contributed by atoms with E-state index in [0.717, 1.165) is 13.1 Å². The standard InChI is InChI=1S/C13H26N2O2/c1-13(2,3)17-10-12(16)15(5)9-11-7-6-8-14(11)4/h11H,6-10H2,1-5H3.